The number of nitrogens with one attached hydrogen (secondary N) is 1. The monoisotopic (exact) mass is 387 g/mol. The number of carbonyl (C=O) groups is 1. The Morgan fingerprint density at radius 3 is 2.81 bits per heavy atom. The van der Waals surface area contributed by atoms with E-state index in [1.807, 2.05) is 17.9 Å². The molecule has 140 valence electrons. The van der Waals surface area contributed by atoms with Crippen molar-refractivity contribution < 1.29 is 9.18 Å². The van der Waals surface area contributed by atoms with Gasteiger partial charge in [0.05, 0.1) is 29.2 Å². The summed E-state index contributed by atoms with van der Waals surface area (Å²) in [6.45, 7) is 1.73. The van der Waals surface area contributed by atoms with Crippen LogP contribution in [0.15, 0.2) is 30.5 Å². The van der Waals surface area contributed by atoms with E-state index in [1.54, 1.807) is 19.1 Å². The maximum absolute atomic E-state index is 13.2. The molecule has 1 aliphatic carbocycles. The molecule has 0 bridgehead atoms. The average Bonchev–Trinajstić information content (AvgIpc) is 3.16. The summed E-state index contributed by atoms with van der Waals surface area (Å²) in [5, 5.41) is 11.9. The lowest BCUT2D eigenvalue weighted by Crippen LogP contribution is -2.31. The van der Waals surface area contributed by atoms with Crippen molar-refractivity contribution in [3.63, 3.8) is 0 Å². The number of fused-ring (bicyclic) bond motifs is 1. The highest BCUT2D eigenvalue weighted by molar-refractivity contribution is 6.33. The zero-order valence-corrected chi connectivity index (χ0v) is 15.8. The molecule has 6 nitrogen and oxygen atoms in total. The highest BCUT2D eigenvalue weighted by Crippen LogP contribution is 2.30. The molecule has 0 saturated carbocycles. The van der Waals surface area contributed by atoms with Gasteiger partial charge in [-0.2, -0.15) is 10.2 Å². The van der Waals surface area contributed by atoms with E-state index in [-0.39, 0.29) is 22.9 Å². The van der Waals surface area contributed by atoms with E-state index in [1.165, 1.54) is 16.8 Å². The largest absolute Gasteiger partial charge is 0.345 e. The Labute approximate surface area is 160 Å². The van der Waals surface area contributed by atoms with E-state index in [2.05, 4.69) is 15.5 Å². The molecular weight excluding hydrogens is 369 g/mol. The van der Waals surface area contributed by atoms with Crippen LogP contribution in [0.2, 0.25) is 5.15 Å². The van der Waals surface area contributed by atoms with E-state index >= 15 is 0 Å². The number of hydrogen-bond acceptors (Lipinski definition) is 3. The SMILES string of the molecule is Cc1nn(-c2ccc(F)cc2)c(Cl)c1C(=O)NC1CCCc2c1cnn2C. The van der Waals surface area contributed by atoms with E-state index in [9.17, 15) is 9.18 Å². The van der Waals surface area contributed by atoms with Gasteiger partial charge in [0.1, 0.15) is 11.0 Å². The van der Waals surface area contributed by atoms with Crippen LogP contribution in [0.1, 0.15) is 46.2 Å². The van der Waals surface area contributed by atoms with Crippen LogP contribution >= 0.6 is 11.6 Å². The Kier molecular flexibility index (Phi) is 4.47. The molecule has 0 fully saturated rings. The van der Waals surface area contributed by atoms with Crippen molar-refractivity contribution in [3.8, 4) is 5.69 Å². The van der Waals surface area contributed by atoms with E-state index in [0.717, 1.165) is 30.5 Å². The number of halogens is 2. The molecular formula is C19H19ClFN5O. The number of carbonyl (C=O) groups excluding carboxylic acids is 1. The van der Waals surface area contributed by atoms with Gasteiger partial charge in [-0.15, -0.1) is 0 Å². The number of aryl methyl sites for hydroxylation is 2. The Bertz CT molecular complexity index is 1010. The second kappa shape index (κ2) is 6.81. The van der Waals surface area contributed by atoms with Gasteiger partial charge in [0, 0.05) is 18.3 Å². The standard InChI is InChI=1S/C19H19ClFN5O/c1-11-17(18(20)26(24-11)13-8-6-12(21)7-9-13)19(27)23-15-4-3-5-16-14(15)10-22-25(16)2/h6-10,15H,3-5H2,1-2H3,(H,23,27). The second-order valence-corrected chi connectivity index (χ2v) is 7.09. The molecule has 4 rings (SSSR count). The van der Waals surface area contributed by atoms with Crippen LogP contribution < -0.4 is 5.32 Å². The molecule has 0 spiro atoms. The van der Waals surface area contributed by atoms with Crippen molar-refractivity contribution in [1.29, 1.82) is 0 Å². The van der Waals surface area contributed by atoms with Crippen LogP contribution in [0.3, 0.4) is 0 Å². The number of hydrogen-bond donors (Lipinski definition) is 1. The number of aromatic nitrogens is 4. The summed E-state index contributed by atoms with van der Waals surface area (Å²) in [7, 11) is 1.91. The Morgan fingerprint density at radius 2 is 2.07 bits per heavy atom. The molecule has 1 N–H and O–H groups in total. The van der Waals surface area contributed by atoms with Gasteiger partial charge in [-0.05, 0) is 50.5 Å². The molecule has 1 amide bonds. The molecule has 27 heavy (non-hydrogen) atoms. The van der Waals surface area contributed by atoms with Crippen LogP contribution in [0.4, 0.5) is 4.39 Å². The quantitative estimate of drug-likeness (QED) is 0.747. The fourth-order valence-corrected chi connectivity index (χ4v) is 3.95. The van der Waals surface area contributed by atoms with Crippen molar-refractivity contribution in [2.24, 2.45) is 7.05 Å². The molecule has 0 aliphatic heterocycles. The van der Waals surface area contributed by atoms with Gasteiger partial charge in [0.2, 0.25) is 0 Å². The van der Waals surface area contributed by atoms with Crippen LogP contribution in [0, 0.1) is 12.7 Å². The lowest BCUT2D eigenvalue weighted by Gasteiger charge is -2.23. The normalized spacial score (nSPS) is 16.2. The molecule has 3 aromatic rings. The van der Waals surface area contributed by atoms with E-state index in [0.29, 0.717) is 16.9 Å². The van der Waals surface area contributed by atoms with Gasteiger partial charge in [0.25, 0.3) is 5.91 Å². The predicted octanol–water partition coefficient (Wildman–Crippen LogP) is 3.51. The summed E-state index contributed by atoms with van der Waals surface area (Å²) < 4.78 is 16.5. The maximum Gasteiger partial charge on any atom is 0.256 e. The summed E-state index contributed by atoms with van der Waals surface area (Å²) in [4.78, 5) is 12.9. The zero-order valence-electron chi connectivity index (χ0n) is 15.0. The van der Waals surface area contributed by atoms with Gasteiger partial charge < -0.3 is 5.32 Å². The fraction of sp³-hybridized carbons (Fsp3) is 0.316. The number of benzene rings is 1. The lowest BCUT2D eigenvalue weighted by atomic mass is 9.93. The first-order valence-electron chi connectivity index (χ1n) is 8.78. The molecule has 2 heterocycles. The molecule has 1 atom stereocenters. The van der Waals surface area contributed by atoms with Crippen LogP contribution in [0.25, 0.3) is 5.69 Å². The highest BCUT2D eigenvalue weighted by Gasteiger charge is 2.28. The molecule has 1 unspecified atom stereocenters. The third kappa shape index (κ3) is 3.12. The Hall–Kier alpha value is -2.67. The van der Waals surface area contributed by atoms with Crippen molar-refractivity contribution in [2.75, 3.05) is 0 Å². The maximum atomic E-state index is 13.2. The van der Waals surface area contributed by atoms with Gasteiger partial charge in [-0.1, -0.05) is 11.6 Å². The molecule has 8 heteroatoms. The zero-order chi connectivity index (χ0) is 19.1. The van der Waals surface area contributed by atoms with Gasteiger partial charge in [0.15, 0.2) is 0 Å². The van der Waals surface area contributed by atoms with Crippen LogP contribution in [0.5, 0.6) is 0 Å². The summed E-state index contributed by atoms with van der Waals surface area (Å²) in [5.74, 6) is -0.617. The van der Waals surface area contributed by atoms with E-state index < -0.39 is 0 Å². The topological polar surface area (TPSA) is 64.7 Å². The van der Waals surface area contributed by atoms with Gasteiger partial charge in [-0.25, -0.2) is 9.07 Å². The number of amides is 1. The first kappa shape index (κ1) is 17.7. The van der Waals surface area contributed by atoms with Gasteiger partial charge >= 0.3 is 0 Å². The fourth-order valence-electron chi connectivity index (χ4n) is 3.60. The summed E-state index contributed by atoms with van der Waals surface area (Å²) in [6.07, 6.45) is 4.61. The minimum Gasteiger partial charge on any atom is -0.345 e. The molecule has 1 aromatic carbocycles. The molecule has 1 aliphatic rings. The minimum atomic E-state index is -0.346. The van der Waals surface area contributed by atoms with Crippen molar-refractivity contribution in [1.82, 2.24) is 24.9 Å². The summed E-state index contributed by atoms with van der Waals surface area (Å²) >= 11 is 6.45. The average molecular weight is 388 g/mol. The molecule has 0 radical (unpaired) electrons. The smallest absolute Gasteiger partial charge is 0.256 e. The molecule has 2 aromatic heterocycles. The van der Waals surface area contributed by atoms with Crippen molar-refractivity contribution in [3.05, 3.63) is 63.9 Å². The lowest BCUT2D eigenvalue weighted by molar-refractivity contribution is 0.0932. The highest BCUT2D eigenvalue weighted by atomic mass is 35.5. The van der Waals surface area contributed by atoms with Crippen LogP contribution in [-0.2, 0) is 13.5 Å². The Balaban J connectivity index is 1.62. The van der Waals surface area contributed by atoms with Crippen LogP contribution in [-0.4, -0.2) is 25.5 Å². The summed E-state index contributed by atoms with van der Waals surface area (Å²) in [6, 6.07) is 5.69. The minimum absolute atomic E-state index is 0.0976. The molecule has 0 saturated heterocycles. The van der Waals surface area contributed by atoms with Gasteiger partial charge in [-0.3, -0.25) is 9.48 Å². The second-order valence-electron chi connectivity index (χ2n) is 6.73. The number of rotatable bonds is 3. The Morgan fingerprint density at radius 1 is 1.33 bits per heavy atom. The van der Waals surface area contributed by atoms with Crippen molar-refractivity contribution in [2.45, 2.75) is 32.2 Å². The third-order valence-corrected chi connectivity index (χ3v) is 5.33. The predicted molar refractivity (Wildman–Crippen MR) is 99.6 cm³/mol. The number of nitrogens with zero attached hydrogens (tertiary/aromatic N) is 4. The first-order valence-corrected chi connectivity index (χ1v) is 9.16. The van der Waals surface area contributed by atoms with Crippen molar-refractivity contribution >= 4 is 17.5 Å². The first-order chi connectivity index (χ1) is 13.0. The third-order valence-electron chi connectivity index (χ3n) is 4.98. The summed E-state index contributed by atoms with van der Waals surface area (Å²) in [5.41, 5.74) is 3.64. The van der Waals surface area contributed by atoms with E-state index in [4.69, 9.17) is 11.6 Å².